The zero-order valence-corrected chi connectivity index (χ0v) is 10.9. The van der Waals surface area contributed by atoms with Crippen LogP contribution in [0.2, 0.25) is 0 Å². The molecular weight excluding hydrogens is 250 g/mol. The van der Waals surface area contributed by atoms with Crippen molar-refractivity contribution in [1.29, 1.82) is 5.26 Å². The van der Waals surface area contributed by atoms with E-state index < -0.39 is 0 Å². The zero-order valence-electron chi connectivity index (χ0n) is 10.9. The van der Waals surface area contributed by atoms with E-state index in [0.717, 1.165) is 17.0 Å². The number of rotatable bonds is 2. The molecule has 0 amide bonds. The first-order valence-corrected chi connectivity index (χ1v) is 6.09. The molecule has 0 saturated carbocycles. The van der Waals surface area contributed by atoms with Gasteiger partial charge in [-0.05, 0) is 30.3 Å². The van der Waals surface area contributed by atoms with Crippen LogP contribution in [0.5, 0.6) is 0 Å². The molecule has 3 aromatic rings. The monoisotopic (exact) mass is 261 g/mol. The van der Waals surface area contributed by atoms with Gasteiger partial charge in [0.25, 0.3) is 0 Å². The van der Waals surface area contributed by atoms with Crippen molar-refractivity contribution in [3.05, 3.63) is 54.4 Å². The average molecular weight is 261 g/mol. The van der Waals surface area contributed by atoms with Crippen molar-refractivity contribution in [3.63, 3.8) is 0 Å². The lowest BCUT2D eigenvalue weighted by Gasteiger charge is -2.18. The van der Waals surface area contributed by atoms with Gasteiger partial charge in [0.05, 0.1) is 11.6 Å². The van der Waals surface area contributed by atoms with Crippen LogP contribution in [0.25, 0.3) is 11.2 Å². The minimum Gasteiger partial charge on any atom is -0.329 e. The van der Waals surface area contributed by atoms with E-state index in [1.165, 1.54) is 0 Å². The Morgan fingerprint density at radius 2 is 1.95 bits per heavy atom. The lowest BCUT2D eigenvalue weighted by molar-refractivity contribution is 1.12. The summed E-state index contributed by atoms with van der Waals surface area (Å²) in [5, 5.41) is 8.95. The maximum atomic E-state index is 8.95. The molecule has 0 aliphatic carbocycles. The molecule has 1 aromatic carbocycles. The number of benzene rings is 1. The highest BCUT2D eigenvalue weighted by molar-refractivity contribution is 5.73. The number of fused-ring (bicyclic) bond motifs is 1. The van der Waals surface area contributed by atoms with Gasteiger partial charge in [0, 0.05) is 25.1 Å². The highest BCUT2D eigenvalue weighted by Crippen LogP contribution is 2.23. The smallest absolute Gasteiger partial charge is 0.180 e. The second-order valence-corrected chi connectivity index (χ2v) is 4.29. The summed E-state index contributed by atoms with van der Waals surface area (Å²) in [6.07, 6.45) is 3.26. The van der Waals surface area contributed by atoms with Gasteiger partial charge in [-0.2, -0.15) is 5.26 Å². The third-order valence-electron chi connectivity index (χ3n) is 3.02. The van der Waals surface area contributed by atoms with E-state index in [4.69, 9.17) is 5.26 Å². The van der Waals surface area contributed by atoms with Crippen LogP contribution in [-0.4, -0.2) is 22.0 Å². The van der Waals surface area contributed by atoms with Crippen LogP contribution in [0.15, 0.2) is 48.8 Å². The standard InChI is InChI=1S/C15H11N5/c1-20(12-4-2-3-11(9-12)10-16)14-6-5-13-15(19-14)18-8-7-17-13/h2-9H,1H3. The quantitative estimate of drug-likeness (QED) is 0.709. The number of nitrogens with zero attached hydrogens (tertiary/aromatic N) is 5. The molecule has 2 heterocycles. The summed E-state index contributed by atoms with van der Waals surface area (Å²) in [7, 11) is 1.90. The summed E-state index contributed by atoms with van der Waals surface area (Å²) in [6.45, 7) is 0. The lowest BCUT2D eigenvalue weighted by atomic mass is 10.2. The zero-order chi connectivity index (χ0) is 13.9. The highest BCUT2D eigenvalue weighted by Gasteiger charge is 2.07. The fourth-order valence-corrected chi connectivity index (χ4v) is 1.95. The van der Waals surface area contributed by atoms with E-state index in [1.807, 2.05) is 42.3 Å². The summed E-state index contributed by atoms with van der Waals surface area (Å²) >= 11 is 0. The summed E-state index contributed by atoms with van der Waals surface area (Å²) < 4.78 is 0. The molecule has 0 saturated heterocycles. The normalized spacial score (nSPS) is 10.2. The Bertz CT molecular complexity index is 806. The van der Waals surface area contributed by atoms with Crippen LogP contribution < -0.4 is 4.90 Å². The Kier molecular flexibility index (Phi) is 2.98. The molecule has 0 aliphatic heterocycles. The Morgan fingerprint density at radius 3 is 2.80 bits per heavy atom. The molecule has 2 aromatic heterocycles. The molecule has 0 radical (unpaired) electrons. The van der Waals surface area contributed by atoms with Crippen LogP contribution in [-0.2, 0) is 0 Å². The van der Waals surface area contributed by atoms with Gasteiger partial charge >= 0.3 is 0 Å². The molecule has 0 bridgehead atoms. The van der Waals surface area contributed by atoms with Gasteiger partial charge in [-0.3, -0.25) is 4.98 Å². The first-order chi connectivity index (χ1) is 9.78. The summed E-state index contributed by atoms with van der Waals surface area (Å²) in [5.41, 5.74) is 2.89. The van der Waals surface area contributed by atoms with E-state index >= 15 is 0 Å². The largest absolute Gasteiger partial charge is 0.329 e. The highest BCUT2D eigenvalue weighted by atomic mass is 15.2. The molecule has 5 nitrogen and oxygen atoms in total. The maximum absolute atomic E-state index is 8.95. The van der Waals surface area contributed by atoms with E-state index in [1.54, 1.807) is 18.5 Å². The Hall–Kier alpha value is -3.00. The van der Waals surface area contributed by atoms with Crippen LogP contribution in [0.3, 0.4) is 0 Å². The van der Waals surface area contributed by atoms with Crippen LogP contribution in [0.4, 0.5) is 11.5 Å². The number of hydrogen-bond acceptors (Lipinski definition) is 5. The Morgan fingerprint density at radius 1 is 1.10 bits per heavy atom. The minimum atomic E-state index is 0.605. The number of hydrogen-bond donors (Lipinski definition) is 0. The van der Waals surface area contributed by atoms with Crippen molar-refractivity contribution in [1.82, 2.24) is 15.0 Å². The predicted octanol–water partition coefficient (Wildman–Crippen LogP) is 2.66. The van der Waals surface area contributed by atoms with E-state index in [0.29, 0.717) is 11.2 Å². The fraction of sp³-hybridized carbons (Fsp3) is 0.0667. The van der Waals surface area contributed by atoms with Crippen molar-refractivity contribution >= 4 is 22.7 Å². The van der Waals surface area contributed by atoms with Crippen molar-refractivity contribution in [2.75, 3.05) is 11.9 Å². The van der Waals surface area contributed by atoms with Gasteiger partial charge in [-0.1, -0.05) is 6.07 Å². The molecule has 96 valence electrons. The van der Waals surface area contributed by atoms with E-state index in [-0.39, 0.29) is 0 Å². The summed E-state index contributed by atoms with van der Waals surface area (Å²) in [5.74, 6) is 0.757. The fourth-order valence-electron chi connectivity index (χ4n) is 1.95. The van der Waals surface area contributed by atoms with Gasteiger partial charge in [0.2, 0.25) is 0 Å². The molecule has 3 rings (SSSR count). The Balaban J connectivity index is 2.03. The van der Waals surface area contributed by atoms with Gasteiger partial charge in [-0.15, -0.1) is 0 Å². The molecule has 0 spiro atoms. The molecular formula is C15H11N5. The molecule has 5 heteroatoms. The second-order valence-electron chi connectivity index (χ2n) is 4.29. The molecule has 0 atom stereocenters. The Labute approximate surface area is 116 Å². The van der Waals surface area contributed by atoms with Gasteiger partial charge in [-0.25, -0.2) is 9.97 Å². The van der Waals surface area contributed by atoms with E-state index in [9.17, 15) is 0 Å². The molecule has 20 heavy (non-hydrogen) atoms. The molecule has 0 fully saturated rings. The lowest BCUT2D eigenvalue weighted by Crippen LogP contribution is -2.11. The SMILES string of the molecule is CN(c1cccc(C#N)c1)c1ccc2nccnc2n1. The summed E-state index contributed by atoms with van der Waals surface area (Å²) in [6, 6.07) is 13.3. The van der Waals surface area contributed by atoms with Crippen LogP contribution in [0.1, 0.15) is 5.56 Å². The molecule has 0 N–H and O–H groups in total. The summed E-state index contributed by atoms with van der Waals surface area (Å²) in [4.78, 5) is 14.8. The van der Waals surface area contributed by atoms with Crippen molar-refractivity contribution in [2.24, 2.45) is 0 Å². The topological polar surface area (TPSA) is 65.7 Å². The first-order valence-electron chi connectivity index (χ1n) is 6.09. The van der Waals surface area contributed by atoms with Crippen molar-refractivity contribution in [2.45, 2.75) is 0 Å². The predicted molar refractivity (Wildman–Crippen MR) is 76.6 cm³/mol. The number of anilines is 2. The minimum absolute atomic E-state index is 0.605. The number of aromatic nitrogens is 3. The average Bonchev–Trinajstić information content (AvgIpc) is 2.53. The second kappa shape index (κ2) is 4.94. The van der Waals surface area contributed by atoms with Gasteiger partial charge in [0.15, 0.2) is 5.65 Å². The maximum Gasteiger partial charge on any atom is 0.180 e. The van der Waals surface area contributed by atoms with Crippen LogP contribution >= 0.6 is 0 Å². The molecule has 0 unspecified atom stereocenters. The van der Waals surface area contributed by atoms with Gasteiger partial charge < -0.3 is 4.90 Å². The van der Waals surface area contributed by atoms with Crippen molar-refractivity contribution in [3.8, 4) is 6.07 Å². The first kappa shape index (κ1) is 12.1. The molecule has 0 aliphatic rings. The third kappa shape index (κ3) is 2.15. The van der Waals surface area contributed by atoms with Crippen molar-refractivity contribution < 1.29 is 0 Å². The van der Waals surface area contributed by atoms with E-state index in [2.05, 4.69) is 21.0 Å². The third-order valence-corrected chi connectivity index (χ3v) is 3.02. The number of nitriles is 1. The number of pyridine rings is 1. The van der Waals surface area contributed by atoms with Gasteiger partial charge in [0.1, 0.15) is 11.3 Å². The van der Waals surface area contributed by atoms with Crippen LogP contribution in [0, 0.1) is 11.3 Å².